The molecule has 1 aliphatic heterocycles. The summed E-state index contributed by atoms with van der Waals surface area (Å²) in [5, 5.41) is 41.9. The van der Waals surface area contributed by atoms with Crippen LogP contribution in [0.4, 0.5) is 5.82 Å². The Bertz CT molecular complexity index is 907. The van der Waals surface area contributed by atoms with Crippen LogP contribution >= 0.6 is 0 Å². The second-order valence-corrected chi connectivity index (χ2v) is 6.10. The smallest absolute Gasteiger partial charge is 0.183 e. The molecule has 0 spiro atoms. The third-order valence-electron chi connectivity index (χ3n) is 4.43. The minimum atomic E-state index is -1.70. The normalized spacial score (nSPS) is 29.5. The topological polar surface area (TPSA) is 168 Å². The summed E-state index contributed by atoms with van der Waals surface area (Å²) in [7, 11) is 0. The lowest BCUT2D eigenvalue weighted by Crippen LogP contribution is -2.44. The van der Waals surface area contributed by atoms with Crippen molar-refractivity contribution >= 4 is 16.9 Å². The number of anilines is 1. The van der Waals surface area contributed by atoms with Gasteiger partial charge in [-0.3, -0.25) is 5.10 Å². The number of aromatic amines is 1. The summed E-state index contributed by atoms with van der Waals surface area (Å²) < 4.78 is 6.96. The highest BCUT2D eigenvalue weighted by atomic mass is 16.6. The maximum absolute atomic E-state index is 10.7. The van der Waals surface area contributed by atoms with E-state index in [2.05, 4.69) is 25.3 Å². The van der Waals surface area contributed by atoms with Crippen molar-refractivity contribution in [3.8, 4) is 11.4 Å². The molecule has 11 nitrogen and oxygen atoms in total. The lowest BCUT2D eigenvalue weighted by molar-refractivity contribution is -0.100. The van der Waals surface area contributed by atoms with Gasteiger partial charge in [0.2, 0.25) is 0 Å². The standard InChI is InChI=1S/C14H17N7O4/c1-14(24)10(23)7(4-22)25-13(14)21-12-8(11(15)16-5-17-12)9(20-21)6-2-3-18-19-6/h2-3,5,7,10,13,22-24H,4H2,1H3,(H,18,19)(H2,15,16,17)/t7?,10-,13-,14-/m1/s1. The molecular formula is C14H17N7O4. The van der Waals surface area contributed by atoms with E-state index in [-0.39, 0.29) is 5.82 Å². The van der Waals surface area contributed by atoms with E-state index < -0.39 is 30.6 Å². The average Bonchev–Trinajstić information content (AvgIpc) is 3.27. The summed E-state index contributed by atoms with van der Waals surface area (Å²) in [5.41, 5.74) is 5.64. The summed E-state index contributed by atoms with van der Waals surface area (Å²) in [6.45, 7) is 0.962. The van der Waals surface area contributed by atoms with E-state index in [0.717, 1.165) is 0 Å². The predicted molar refractivity (Wildman–Crippen MR) is 84.9 cm³/mol. The van der Waals surface area contributed by atoms with Gasteiger partial charge in [0, 0.05) is 6.20 Å². The quantitative estimate of drug-likeness (QED) is 0.390. The Kier molecular flexibility index (Phi) is 3.47. The summed E-state index contributed by atoms with van der Waals surface area (Å²) in [6, 6.07) is 1.71. The third kappa shape index (κ3) is 2.21. The Balaban J connectivity index is 1.93. The van der Waals surface area contributed by atoms with E-state index in [1.807, 2.05) is 0 Å². The lowest BCUT2D eigenvalue weighted by Gasteiger charge is -2.26. The van der Waals surface area contributed by atoms with E-state index in [9.17, 15) is 15.3 Å². The first-order valence-electron chi connectivity index (χ1n) is 7.60. The SMILES string of the molecule is C[C@@]1(O)[C@H](O)C(CO)O[C@H]1n1nc(-c2ccn[nH]2)c2c(N)ncnc21. The number of hydrogen-bond donors (Lipinski definition) is 5. The maximum atomic E-state index is 10.7. The zero-order valence-electron chi connectivity index (χ0n) is 13.2. The first-order chi connectivity index (χ1) is 11.9. The molecule has 0 saturated carbocycles. The summed E-state index contributed by atoms with van der Waals surface area (Å²) in [6.07, 6.45) is -0.483. The minimum absolute atomic E-state index is 0.206. The molecule has 1 saturated heterocycles. The monoisotopic (exact) mass is 347 g/mol. The van der Waals surface area contributed by atoms with Gasteiger partial charge in [-0.15, -0.1) is 0 Å². The maximum Gasteiger partial charge on any atom is 0.183 e. The Morgan fingerprint density at radius 1 is 1.44 bits per heavy atom. The Hall–Kier alpha value is -2.60. The number of nitrogens with one attached hydrogen (secondary N) is 1. The fraction of sp³-hybridized carbons (Fsp3) is 0.429. The molecule has 1 aliphatic rings. The second kappa shape index (κ2) is 5.46. The molecule has 0 aromatic carbocycles. The van der Waals surface area contributed by atoms with Gasteiger partial charge >= 0.3 is 0 Å². The molecule has 25 heavy (non-hydrogen) atoms. The van der Waals surface area contributed by atoms with Gasteiger partial charge in [-0.2, -0.15) is 10.2 Å². The van der Waals surface area contributed by atoms with Gasteiger partial charge in [0.1, 0.15) is 35.6 Å². The summed E-state index contributed by atoms with van der Waals surface area (Å²) in [5.74, 6) is 0.206. The molecule has 0 bridgehead atoms. The molecule has 6 N–H and O–H groups in total. The Morgan fingerprint density at radius 2 is 2.24 bits per heavy atom. The first-order valence-corrected chi connectivity index (χ1v) is 7.60. The van der Waals surface area contributed by atoms with Crippen molar-refractivity contribution in [2.75, 3.05) is 12.3 Å². The number of ether oxygens (including phenoxy) is 1. The number of nitrogens with zero attached hydrogens (tertiary/aromatic N) is 5. The van der Waals surface area contributed by atoms with E-state index in [4.69, 9.17) is 10.5 Å². The number of nitrogens with two attached hydrogens (primary N) is 1. The molecule has 0 amide bonds. The van der Waals surface area contributed by atoms with E-state index in [1.54, 1.807) is 12.3 Å². The number of hydrogen-bond acceptors (Lipinski definition) is 9. The number of aliphatic hydroxyl groups is 3. The number of aliphatic hydroxyl groups excluding tert-OH is 2. The van der Waals surface area contributed by atoms with Gasteiger partial charge in [0.15, 0.2) is 11.9 Å². The van der Waals surface area contributed by atoms with Crippen LogP contribution < -0.4 is 5.73 Å². The van der Waals surface area contributed by atoms with Crippen LogP contribution in [0.3, 0.4) is 0 Å². The van der Waals surface area contributed by atoms with Crippen molar-refractivity contribution in [2.45, 2.75) is 31.0 Å². The molecule has 4 rings (SSSR count). The van der Waals surface area contributed by atoms with Crippen LogP contribution in [0, 0.1) is 0 Å². The zero-order valence-corrected chi connectivity index (χ0v) is 13.2. The van der Waals surface area contributed by atoms with E-state index in [1.165, 1.54) is 17.9 Å². The van der Waals surface area contributed by atoms with Crippen LogP contribution in [0.15, 0.2) is 18.6 Å². The first kappa shape index (κ1) is 15.9. The molecule has 132 valence electrons. The van der Waals surface area contributed by atoms with Crippen molar-refractivity contribution in [1.82, 2.24) is 29.9 Å². The van der Waals surface area contributed by atoms with Gasteiger partial charge in [0.25, 0.3) is 0 Å². The van der Waals surface area contributed by atoms with Gasteiger partial charge in [-0.25, -0.2) is 14.6 Å². The van der Waals surface area contributed by atoms with E-state index in [0.29, 0.717) is 22.4 Å². The van der Waals surface area contributed by atoms with Crippen molar-refractivity contribution in [3.05, 3.63) is 18.6 Å². The molecule has 4 atom stereocenters. The molecule has 3 aromatic heterocycles. The highest BCUT2D eigenvalue weighted by Crippen LogP contribution is 2.40. The van der Waals surface area contributed by atoms with Crippen LogP contribution in [-0.2, 0) is 4.74 Å². The van der Waals surface area contributed by atoms with Gasteiger partial charge in [0.05, 0.1) is 17.7 Å². The van der Waals surface area contributed by atoms with Crippen LogP contribution in [0.2, 0.25) is 0 Å². The molecule has 11 heteroatoms. The highest BCUT2D eigenvalue weighted by molar-refractivity contribution is 5.97. The molecule has 4 heterocycles. The van der Waals surface area contributed by atoms with Crippen LogP contribution in [0.1, 0.15) is 13.2 Å². The summed E-state index contributed by atoms with van der Waals surface area (Å²) in [4.78, 5) is 8.18. The number of H-pyrrole nitrogens is 1. The molecular weight excluding hydrogens is 330 g/mol. The largest absolute Gasteiger partial charge is 0.394 e. The number of aromatic nitrogens is 6. The van der Waals surface area contributed by atoms with Crippen molar-refractivity contribution in [2.24, 2.45) is 0 Å². The lowest BCUT2D eigenvalue weighted by atomic mass is 9.97. The summed E-state index contributed by atoms with van der Waals surface area (Å²) >= 11 is 0. The molecule has 0 radical (unpaired) electrons. The Morgan fingerprint density at radius 3 is 2.88 bits per heavy atom. The average molecular weight is 347 g/mol. The zero-order chi connectivity index (χ0) is 17.8. The third-order valence-corrected chi connectivity index (χ3v) is 4.43. The van der Waals surface area contributed by atoms with E-state index >= 15 is 0 Å². The van der Waals surface area contributed by atoms with Crippen molar-refractivity contribution in [1.29, 1.82) is 0 Å². The van der Waals surface area contributed by atoms with Crippen LogP contribution in [0.5, 0.6) is 0 Å². The number of nitrogen functional groups attached to an aromatic ring is 1. The fourth-order valence-corrected chi connectivity index (χ4v) is 3.08. The molecule has 1 unspecified atom stereocenters. The Labute approximate surface area is 141 Å². The van der Waals surface area contributed by atoms with Crippen molar-refractivity contribution < 1.29 is 20.1 Å². The minimum Gasteiger partial charge on any atom is -0.394 e. The van der Waals surface area contributed by atoms with Gasteiger partial charge in [-0.1, -0.05) is 0 Å². The van der Waals surface area contributed by atoms with Crippen LogP contribution in [-0.4, -0.2) is 69.7 Å². The fourth-order valence-electron chi connectivity index (χ4n) is 3.08. The molecule has 3 aromatic rings. The molecule has 1 fully saturated rings. The predicted octanol–water partition coefficient (Wildman–Crippen LogP) is -1.20. The van der Waals surface area contributed by atoms with Gasteiger partial charge in [-0.05, 0) is 13.0 Å². The van der Waals surface area contributed by atoms with Gasteiger partial charge < -0.3 is 25.8 Å². The van der Waals surface area contributed by atoms with Crippen LogP contribution in [0.25, 0.3) is 22.4 Å². The van der Waals surface area contributed by atoms with Crippen molar-refractivity contribution in [3.63, 3.8) is 0 Å². The highest BCUT2D eigenvalue weighted by Gasteiger charge is 2.54. The second-order valence-electron chi connectivity index (χ2n) is 6.10. The number of fused-ring (bicyclic) bond motifs is 1. The molecule has 0 aliphatic carbocycles. The number of rotatable bonds is 3.